The van der Waals surface area contributed by atoms with Crippen molar-refractivity contribution < 1.29 is 8.42 Å². The summed E-state index contributed by atoms with van der Waals surface area (Å²) >= 11 is 1.61. The van der Waals surface area contributed by atoms with Crippen LogP contribution in [-0.4, -0.2) is 58.0 Å². The fourth-order valence-electron chi connectivity index (χ4n) is 2.35. The van der Waals surface area contributed by atoms with Crippen LogP contribution in [0.1, 0.15) is 33.6 Å². The van der Waals surface area contributed by atoms with Crippen LogP contribution in [0.5, 0.6) is 0 Å². The summed E-state index contributed by atoms with van der Waals surface area (Å²) in [5.41, 5.74) is -0.156. The van der Waals surface area contributed by atoms with Gasteiger partial charge in [-0.05, 0) is 50.0 Å². The summed E-state index contributed by atoms with van der Waals surface area (Å²) in [6.07, 6.45) is 3.25. The van der Waals surface area contributed by atoms with Crippen molar-refractivity contribution >= 4 is 21.8 Å². The number of hydrogen-bond acceptors (Lipinski definition) is 6. The molecule has 7 nitrogen and oxygen atoms in total. The molecule has 1 aromatic heterocycles. The normalized spacial score (nSPS) is 21.6. The zero-order valence-electron chi connectivity index (χ0n) is 13.0. The molecule has 1 saturated heterocycles. The van der Waals surface area contributed by atoms with Gasteiger partial charge in [-0.1, -0.05) is 11.8 Å². The topological polar surface area (TPSA) is 81.0 Å². The molecule has 0 unspecified atom stereocenters. The lowest BCUT2D eigenvalue weighted by Gasteiger charge is -2.30. The summed E-state index contributed by atoms with van der Waals surface area (Å²) in [5.74, 6) is 1.19. The quantitative estimate of drug-likeness (QED) is 0.770. The van der Waals surface area contributed by atoms with Crippen molar-refractivity contribution in [3.05, 3.63) is 0 Å². The maximum Gasteiger partial charge on any atom is 0.211 e. The highest BCUT2D eigenvalue weighted by atomic mass is 32.2. The third-order valence-electron chi connectivity index (χ3n) is 3.48. The van der Waals surface area contributed by atoms with E-state index in [0.717, 1.165) is 23.8 Å². The molecule has 0 bridgehead atoms. The molecule has 2 heterocycles. The molecule has 0 saturated carbocycles. The molecule has 1 fully saturated rings. The predicted octanol–water partition coefficient (Wildman–Crippen LogP) is 1.19. The summed E-state index contributed by atoms with van der Waals surface area (Å²) in [4.78, 5) is 0. The van der Waals surface area contributed by atoms with Crippen molar-refractivity contribution in [3.63, 3.8) is 0 Å². The lowest BCUT2D eigenvalue weighted by atomic mass is 10.0. The minimum absolute atomic E-state index is 0.156. The standard InChI is InChI=1S/C12H23N5O2S2/c1-12(2,3)17-11(13-14-15-17)20-9-10-6-5-7-16(8-10)21(4,18)19/h10H,5-9H2,1-4H3/t10-/m1/s1. The van der Waals surface area contributed by atoms with E-state index in [1.807, 2.05) is 4.68 Å². The van der Waals surface area contributed by atoms with E-state index in [9.17, 15) is 8.42 Å². The largest absolute Gasteiger partial charge is 0.215 e. The van der Waals surface area contributed by atoms with Crippen LogP contribution in [0.3, 0.4) is 0 Å². The Hall–Kier alpha value is -0.670. The van der Waals surface area contributed by atoms with Gasteiger partial charge in [0.1, 0.15) is 0 Å². The summed E-state index contributed by atoms with van der Waals surface area (Å²) in [6, 6.07) is 0. The van der Waals surface area contributed by atoms with Gasteiger partial charge in [0, 0.05) is 18.8 Å². The average Bonchev–Trinajstić information content (AvgIpc) is 2.84. The Morgan fingerprint density at radius 3 is 2.71 bits per heavy atom. The van der Waals surface area contributed by atoms with Crippen LogP contribution in [0.4, 0.5) is 0 Å². The van der Waals surface area contributed by atoms with Crippen LogP contribution in [0.25, 0.3) is 0 Å². The number of sulfonamides is 1. The molecule has 2 rings (SSSR count). The van der Waals surface area contributed by atoms with Crippen LogP contribution in [0.15, 0.2) is 5.16 Å². The Bertz CT molecular complexity index is 579. The van der Waals surface area contributed by atoms with E-state index in [4.69, 9.17) is 0 Å². The van der Waals surface area contributed by atoms with Crippen LogP contribution in [0, 0.1) is 5.92 Å². The Labute approximate surface area is 130 Å². The Morgan fingerprint density at radius 1 is 1.38 bits per heavy atom. The minimum Gasteiger partial charge on any atom is -0.215 e. The van der Waals surface area contributed by atoms with Crippen molar-refractivity contribution in [2.24, 2.45) is 5.92 Å². The molecule has 0 radical (unpaired) electrons. The molecule has 1 aliphatic heterocycles. The van der Waals surface area contributed by atoms with Gasteiger partial charge in [0.05, 0.1) is 11.8 Å². The fourth-order valence-corrected chi connectivity index (χ4v) is 4.47. The van der Waals surface area contributed by atoms with Crippen LogP contribution < -0.4 is 0 Å². The smallest absolute Gasteiger partial charge is 0.211 e. The van der Waals surface area contributed by atoms with Gasteiger partial charge < -0.3 is 0 Å². The highest BCUT2D eigenvalue weighted by Crippen LogP contribution is 2.27. The van der Waals surface area contributed by atoms with E-state index in [0.29, 0.717) is 19.0 Å². The third kappa shape index (κ3) is 4.40. The molecule has 0 spiro atoms. The second-order valence-corrected chi connectivity index (χ2v) is 9.45. The molecular formula is C12H23N5O2S2. The first kappa shape index (κ1) is 16.7. The van der Waals surface area contributed by atoms with E-state index < -0.39 is 10.0 Å². The highest BCUT2D eigenvalue weighted by molar-refractivity contribution is 7.99. The minimum atomic E-state index is -3.08. The van der Waals surface area contributed by atoms with Gasteiger partial charge in [-0.25, -0.2) is 17.4 Å². The van der Waals surface area contributed by atoms with Gasteiger partial charge >= 0.3 is 0 Å². The molecule has 1 atom stereocenters. The number of hydrogen-bond donors (Lipinski definition) is 0. The number of piperidine rings is 1. The van der Waals surface area contributed by atoms with Crippen molar-refractivity contribution in [1.29, 1.82) is 0 Å². The third-order valence-corrected chi connectivity index (χ3v) is 5.90. The molecular weight excluding hydrogens is 310 g/mol. The average molecular weight is 333 g/mol. The van der Waals surface area contributed by atoms with Crippen molar-refractivity contribution in [2.45, 2.75) is 44.3 Å². The van der Waals surface area contributed by atoms with Crippen LogP contribution in [0.2, 0.25) is 0 Å². The Kier molecular flexibility index (Phi) is 4.94. The van der Waals surface area contributed by atoms with E-state index in [-0.39, 0.29) is 5.54 Å². The van der Waals surface area contributed by atoms with Crippen molar-refractivity contribution in [2.75, 3.05) is 25.1 Å². The number of nitrogens with zero attached hydrogens (tertiary/aromatic N) is 5. The molecule has 120 valence electrons. The van der Waals surface area contributed by atoms with Gasteiger partial charge in [-0.2, -0.15) is 0 Å². The van der Waals surface area contributed by atoms with Crippen molar-refractivity contribution in [3.8, 4) is 0 Å². The second kappa shape index (κ2) is 6.21. The van der Waals surface area contributed by atoms with Crippen molar-refractivity contribution in [1.82, 2.24) is 24.5 Å². The second-order valence-electron chi connectivity index (χ2n) is 6.48. The Morgan fingerprint density at radius 2 is 2.10 bits per heavy atom. The molecule has 0 N–H and O–H groups in total. The fraction of sp³-hybridized carbons (Fsp3) is 0.917. The zero-order chi connectivity index (χ0) is 15.7. The molecule has 0 aliphatic carbocycles. The van der Waals surface area contributed by atoms with Gasteiger partial charge in [0.2, 0.25) is 15.2 Å². The monoisotopic (exact) mass is 333 g/mol. The molecule has 0 amide bonds. The van der Waals surface area contributed by atoms with Gasteiger partial charge in [0.25, 0.3) is 0 Å². The van der Waals surface area contributed by atoms with Gasteiger partial charge in [0.15, 0.2) is 0 Å². The van der Waals surface area contributed by atoms with Crippen LogP contribution >= 0.6 is 11.8 Å². The number of aromatic nitrogens is 4. The zero-order valence-corrected chi connectivity index (χ0v) is 14.6. The lowest BCUT2D eigenvalue weighted by Crippen LogP contribution is -2.40. The SMILES string of the molecule is CC(C)(C)n1nnnc1SC[C@@H]1CCCN(S(C)(=O)=O)C1. The van der Waals surface area contributed by atoms with Gasteiger partial charge in [-0.15, -0.1) is 5.10 Å². The number of tetrazole rings is 1. The lowest BCUT2D eigenvalue weighted by molar-refractivity contribution is 0.285. The van der Waals surface area contributed by atoms with E-state index in [2.05, 4.69) is 36.3 Å². The molecule has 1 aliphatic rings. The number of rotatable bonds is 4. The van der Waals surface area contributed by atoms with E-state index in [1.165, 1.54) is 6.26 Å². The highest BCUT2D eigenvalue weighted by Gasteiger charge is 2.27. The molecule has 1 aromatic rings. The first-order valence-electron chi connectivity index (χ1n) is 7.04. The summed E-state index contributed by atoms with van der Waals surface area (Å²) in [6.45, 7) is 7.40. The first-order valence-corrected chi connectivity index (χ1v) is 9.88. The molecule has 21 heavy (non-hydrogen) atoms. The first-order chi connectivity index (χ1) is 9.68. The summed E-state index contributed by atoms with van der Waals surface area (Å²) in [5, 5.41) is 12.6. The van der Waals surface area contributed by atoms with E-state index >= 15 is 0 Å². The molecule has 9 heteroatoms. The predicted molar refractivity (Wildman–Crippen MR) is 82.7 cm³/mol. The molecule has 0 aromatic carbocycles. The summed E-state index contributed by atoms with van der Waals surface area (Å²) in [7, 11) is -3.08. The Balaban J connectivity index is 1.96. The van der Waals surface area contributed by atoms with Crippen LogP contribution in [-0.2, 0) is 15.6 Å². The summed E-state index contributed by atoms with van der Waals surface area (Å²) < 4.78 is 26.7. The van der Waals surface area contributed by atoms with E-state index in [1.54, 1.807) is 16.1 Å². The maximum absolute atomic E-state index is 11.6. The number of thioether (sulfide) groups is 1. The van der Waals surface area contributed by atoms with Gasteiger partial charge in [-0.3, -0.25) is 0 Å². The maximum atomic E-state index is 11.6.